The van der Waals surface area contributed by atoms with Gasteiger partial charge in [-0.2, -0.15) is 5.10 Å². The molecule has 0 aromatic rings. The van der Waals surface area contributed by atoms with E-state index < -0.39 is 0 Å². The van der Waals surface area contributed by atoms with Gasteiger partial charge in [0.15, 0.2) is 0 Å². The Morgan fingerprint density at radius 3 is 2.95 bits per heavy atom. The monoisotopic (exact) mass is 349 g/mol. The minimum absolute atomic E-state index is 0.596. The maximum atomic E-state index is 4.36. The van der Waals surface area contributed by atoms with Gasteiger partial charge in [-0.1, -0.05) is 67.6 Å². The van der Waals surface area contributed by atoms with Crippen LogP contribution in [0.15, 0.2) is 64.4 Å². The van der Waals surface area contributed by atoms with Gasteiger partial charge in [-0.25, -0.2) is 5.53 Å². The third kappa shape index (κ3) is 5.76. The Labute approximate surface area is 136 Å². The van der Waals surface area contributed by atoms with Crippen molar-refractivity contribution in [3.8, 4) is 0 Å². The average Bonchev–Trinajstić information content (AvgIpc) is 2.98. The van der Waals surface area contributed by atoms with Gasteiger partial charge in [0.05, 0.1) is 12.3 Å². The van der Waals surface area contributed by atoms with E-state index in [0.717, 1.165) is 23.2 Å². The molecule has 114 valence electrons. The number of hydrazine groups is 1. The number of rotatable bonds is 4. The van der Waals surface area contributed by atoms with Crippen LogP contribution in [0.5, 0.6) is 0 Å². The van der Waals surface area contributed by atoms with Crippen LogP contribution in [0, 0.1) is 5.92 Å². The van der Waals surface area contributed by atoms with Gasteiger partial charge in [-0.3, -0.25) is 5.01 Å². The van der Waals surface area contributed by atoms with Gasteiger partial charge in [0, 0.05) is 10.7 Å². The Balaban J connectivity index is 0.00000106. The van der Waals surface area contributed by atoms with E-state index in [4.69, 9.17) is 0 Å². The molecule has 1 heterocycles. The second kappa shape index (κ2) is 9.40. The van der Waals surface area contributed by atoms with Crippen molar-refractivity contribution in [3.05, 3.63) is 59.3 Å². The zero-order chi connectivity index (χ0) is 15.7. The molecular formula is C17H24BrN3. The fraction of sp³-hybridized carbons (Fsp3) is 0.353. The van der Waals surface area contributed by atoms with Gasteiger partial charge in [0.25, 0.3) is 0 Å². The smallest absolute Gasteiger partial charge is 0.0906 e. The second-order valence-electron chi connectivity index (χ2n) is 4.62. The summed E-state index contributed by atoms with van der Waals surface area (Å²) < 4.78 is 0.954. The third-order valence-electron chi connectivity index (χ3n) is 2.95. The van der Waals surface area contributed by atoms with E-state index in [-0.39, 0.29) is 0 Å². The summed E-state index contributed by atoms with van der Waals surface area (Å²) >= 11 is 3.37. The number of hydrogen-bond donors (Lipinski definition) is 1. The molecule has 0 radical (unpaired) electrons. The molecule has 21 heavy (non-hydrogen) atoms. The molecule has 0 saturated heterocycles. The van der Waals surface area contributed by atoms with Crippen LogP contribution in [0.25, 0.3) is 0 Å². The maximum absolute atomic E-state index is 4.36. The van der Waals surface area contributed by atoms with Crippen molar-refractivity contribution in [2.24, 2.45) is 11.0 Å². The SMILES string of the molecule is C=C/C(Br)=C\C=C\N1CC(C2=CC(C)CC=C2)=NN1.CC. The summed E-state index contributed by atoms with van der Waals surface area (Å²) in [6.45, 7) is 10.7. The van der Waals surface area contributed by atoms with Crippen LogP contribution in [-0.4, -0.2) is 17.3 Å². The molecule has 1 unspecified atom stereocenters. The van der Waals surface area contributed by atoms with Crippen LogP contribution in [-0.2, 0) is 0 Å². The van der Waals surface area contributed by atoms with E-state index in [2.05, 4.69) is 58.3 Å². The summed E-state index contributed by atoms with van der Waals surface area (Å²) in [5.41, 5.74) is 5.31. The fourth-order valence-electron chi connectivity index (χ4n) is 1.94. The van der Waals surface area contributed by atoms with Crippen molar-refractivity contribution in [2.75, 3.05) is 6.54 Å². The Morgan fingerprint density at radius 1 is 1.52 bits per heavy atom. The highest BCUT2D eigenvalue weighted by atomic mass is 79.9. The normalized spacial score (nSPS) is 21.4. The first-order chi connectivity index (χ1) is 10.2. The van der Waals surface area contributed by atoms with Crippen LogP contribution in [0.4, 0.5) is 0 Å². The van der Waals surface area contributed by atoms with E-state index in [1.54, 1.807) is 6.08 Å². The lowest BCUT2D eigenvalue weighted by Crippen LogP contribution is -2.25. The van der Waals surface area contributed by atoms with Crippen molar-refractivity contribution in [1.82, 2.24) is 10.5 Å². The van der Waals surface area contributed by atoms with Crippen molar-refractivity contribution in [1.29, 1.82) is 0 Å². The first kappa shape index (κ1) is 17.5. The maximum Gasteiger partial charge on any atom is 0.0906 e. The number of nitrogens with one attached hydrogen (secondary N) is 1. The average molecular weight is 350 g/mol. The first-order valence-electron chi connectivity index (χ1n) is 7.33. The molecule has 1 N–H and O–H groups in total. The van der Waals surface area contributed by atoms with E-state index in [1.165, 1.54) is 5.57 Å². The van der Waals surface area contributed by atoms with Gasteiger partial charge in [0.2, 0.25) is 0 Å². The summed E-state index contributed by atoms with van der Waals surface area (Å²) in [6, 6.07) is 0. The Bertz CT molecular complexity index is 498. The van der Waals surface area contributed by atoms with E-state index in [9.17, 15) is 0 Å². The lowest BCUT2D eigenvalue weighted by atomic mass is 9.95. The number of nitrogens with zero attached hydrogens (tertiary/aromatic N) is 2. The summed E-state index contributed by atoms with van der Waals surface area (Å²) in [7, 11) is 0. The molecular weight excluding hydrogens is 326 g/mol. The molecule has 2 aliphatic rings. The number of allylic oxidation sites excluding steroid dienone is 7. The van der Waals surface area contributed by atoms with Gasteiger partial charge >= 0.3 is 0 Å². The lowest BCUT2D eigenvalue weighted by Gasteiger charge is -2.13. The molecule has 4 heteroatoms. The van der Waals surface area contributed by atoms with Crippen molar-refractivity contribution in [3.63, 3.8) is 0 Å². The molecule has 0 spiro atoms. The Morgan fingerprint density at radius 2 is 2.29 bits per heavy atom. The quantitative estimate of drug-likeness (QED) is 0.745. The van der Waals surface area contributed by atoms with E-state index in [1.807, 2.05) is 37.2 Å². The minimum Gasteiger partial charge on any atom is -0.273 e. The topological polar surface area (TPSA) is 27.6 Å². The number of halogens is 1. The van der Waals surface area contributed by atoms with Crippen molar-refractivity contribution < 1.29 is 0 Å². The highest BCUT2D eigenvalue weighted by Crippen LogP contribution is 2.18. The number of hydrogen-bond acceptors (Lipinski definition) is 3. The Kier molecular flexibility index (Phi) is 7.83. The van der Waals surface area contributed by atoms with Gasteiger partial charge in [-0.05, 0) is 30.1 Å². The van der Waals surface area contributed by atoms with Gasteiger partial charge < -0.3 is 0 Å². The third-order valence-corrected chi connectivity index (χ3v) is 3.54. The van der Waals surface area contributed by atoms with Crippen LogP contribution in [0.1, 0.15) is 27.2 Å². The molecule has 2 rings (SSSR count). The summed E-state index contributed by atoms with van der Waals surface area (Å²) in [5.74, 6) is 0.596. The van der Waals surface area contributed by atoms with Crippen LogP contribution in [0.3, 0.4) is 0 Å². The van der Waals surface area contributed by atoms with E-state index in [0.29, 0.717) is 5.92 Å². The summed E-state index contributed by atoms with van der Waals surface area (Å²) in [4.78, 5) is 0. The van der Waals surface area contributed by atoms with Crippen molar-refractivity contribution >= 4 is 21.6 Å². The summed E-state index contributed by atoms with van der Waals surface area (Å²) in [5, 5.41) is 6.31. The zero-order valence-electron chi connectivity index (χ0n) is 13.0. The largest absolute Gasteiger partial charge is 0.273 e. The molecule has 3 nitrogen and oxygen atoms in total. The molecule has 1 atom stereocenters. The molecule has 0 amide bonds. The predicted molar refractivity (Wildman–Crippen MR) is 96.0 cm³/mol. The standard InChI is InChI=1S/C15H18BrN3.C2H6/c1-3-14(16)8-5-9-19-11-15(17-18-19)13-7-4-6-12(2)10-13;1-2/h3-5,7-10,12,18H,1,6,11H2,2H3;1-2H3/b9-5+,14-8+;. The van der Waals surface area contributed by atoms with Crippen LogP contribution in [0.2, 0.25) is 0 Å². The van der Waals surface area contributed by atoms with Gasteiger partial charge in [-0.15, -0.1) is 0 Å². The molecule has 0 bridgehead atoms. The molecule has 0 saturated carbocycles. The Hall–Kier alpha value is -1.55. The molecule has 1 aliphatic carbocycles. The first-order valence-corrected chi connectivity index (χ1v) is 8.12. The number of hydrazone groups is 1. The highest BCUT2D eigenvalue weighted by molar-refractivity contribution is 9.11. The molecule has 1 aliphatic heterocycles. The summed E-state index contributed by atoms with van der Waals surface area (Å²) in [6.07, 6.45) is 15.4. The predicted octanol–water partition coefficient (Wildman–Crippen LogP) is 4.69. The van der Waals surface area contributed by atoms with Crippen LogP contribution >= 0.6 is 15.9 Å². The van der Waals surface area contributed by atoms with Gasteiger partial charge in [0.1, 0.15) is 0 Å². The van der Waals surface area contributed by atoms with Crippen molar-refractivity contribution in [2.45, 2.75) is 27.2 Å². The molecule has 0 aromatic carbocycles. The lowest BCUT2D eigenvalue weighted by molar-refractivity contribution is 0.343. The second-order valence-corrected chi connectivity index (χ2v) is 5.54. The molecule has 0 aromatic heterocycles. The van der Waals surface area contributed by atoms with Crippen LogP contribution < -0.4 is 5.53 Å². The van der Waals surface area contributed by atoms with E-state index >= 15 is 0 Å². The zero-order valence-corrected chi connectivity index (χ0v) is 14.6. The highest BCUT2D eigenvalue weighted by Gasteiger charge is 2.16. The molecule has 0 fully saturated rings. The fourth-order valence-corrected chi connectivity index (χ4v) is 2.09. The minimum atomic E-state index is 0.596.